The average molecular weight is 271 g/mol. The molecule has 0 radical (unpaired) electrons. The maximum atomic E-state index is 10.7. The molecule has 6 heteroatoms. The van der Waals surface area contributed by atoms with Crippen LogP contribution in [-0.2, 0) is 0 Å². The van der Waals surface area contributed by atoms with Crippen LogP contribution in [0.3, 0.4) is 0 Å². The minimum absolute atomic E-state index is 0.0803. The molecule has 0 amide bonds. The molecule has 1 atom stereocenters. The van der Waals surface area contributed by atoms with Gasteiger partial charge in [-0.05, 0) is 31.9 Å². The van der Waals surface area contributed by atoms with E-state index in [1.54, 1.807) is 6.92 Å². The molecule has 0 spiro atoms. The van der Waals surface area contributed by atoms with Crippen LogP contribution in [0.25, 0.3) is 0 Å². The summed E-state index contributed by atoms with van der Waals surface area (Å²) in [5.74, 6) is 0.624. The summed E-state index contributed by atoms with van der Waals surface area (Å²) in [5.41, 5.74) is 0.653. The van der Waals surface area contributed by atoms with E-state index in [-0.39, 0.29) is 16.8 Å². The summed E-state index contributed by atoms with van der Waals surface area (Å²) in [6, 6.07) is 2.98. The Morgan fingerprint density at radius 3 is 2.94 bits per heavy atom. The highest BCUT2D eigenvalue weighted by molar-refractivity contribution is 6.32. The summed E-state index contributed by atoms with van der Waals surface area (Å²) in [4.78, 5) is 10.3. The molecule has 18 heavy (non-hydrogen) atoms. The molecule has 1 aromatic rings. The van der Waals surface area contributed by atoms with Crippen molar-refractivity contribution in [3.63, 3.8) is 0 Å². The van der Waals surface area contributed by atoms with Crippen LogP contribution in [0.4, 0.5) is 5.69 Å². The maximum absolute atomic E-state index is 10.7. The summed E-state index contributed by atoms with van der Waals surface area (Å²) < 4.78 is 5.83. The van der Waals surface area contributed by atoms with E-state index in [1.807, 2.05) is 0 Å². The number of hydrogen-bond acceptors (Lipinski definition) is 4. The Kier molecular flexibility index (Phi) is 4.04. The second-order valence-electron chi connectivity index (χ2n) is 4.41. The Hall–Kier alpha value is -1.33. The molecule has 0 bridgehead atoms. The van der Waals surface area contributed by atoms with E-state index in [9.17, 15) is 10.1 Å². The number of nitrogens with one attached hydrogen (secondary N) is 1. The van der Waals surface area contributed by atoms with Gasteiger partial charge in [-0.2, -0.15) is 0 Å². The zero-order chi connectivity index (χ0) is 13.1. The first-order valence-electron chi connectivity index (χ1n) is 5.90. The molecule has 2 rings (SSSR count). The van der Waals surface area contributed by atoms with Crippen molar-refractivity contribution >= 4 is 17.3 Å². The third-order valence-corrected chi connectivity index (χ3v) is 3.29. The predicted octanol–water partition coefficient (Wildman–Crippen LogP) is 2.69. The summed E-state index contributed by atoms with van der Waals surface area (Å²) >= 11 is 5.88. The number of rotatable bonds is 3. The van der Waals surface area contributed by atoms with E-state index in [0.717, 1.165) is 31.5 Å². The Balaban J connectivity index is 2.18. The zero-order valence-electron chi connectivity index (χ0n) is 10.1. The second-order valence-corrected chi connectivity index (χ2v) is 4.82. The van der Waals surface area contributed by atoms with Crippen LogP contribution in [0.15, 0.2) is 12.1 Å². The fourth-order valence-corrected chi connectivity index (χ4v) is 2.24. The Bertz CT molecular complexity index is 459. The number of nitro benzene ring substituents is 1. The van der Waals surface area contributed by atoms with E-state index >= 15 is 0 Å². The number of aryl methyl sites for hydroxylation is 1. The third-order valence-electron chi connectivity index (χ3n) is 2.99. The largest absolute Gasteiger partial charge is 0.489 e. The normalized spacial score (nSPS) is 19.6. The van der Waals surface area contributed by atoms with Crippen molar-refractivity contribution in [1.82, 2.24) is 5.32 Å². The molecule has 1 heterocycles. The van der Waals surface area contributed by atoms with Gasteiger partial charge in [0.2, 0.25) is 0 Å². The number of ether oxygens (including phenoxy) is 1. The fourth-order valence-electron chi connectivity index (χ4n) is 2.01. The van der Waals surface area contributed by atoms with Gasteiger partial charge in [-0.1, -0.05) is 11.6 Å². The van der Waals surface area contributed by atoms with Crippen LogP contribution in [0.2, 0.25) is 5.02 Å². The topological polar surface area (TPSA) is 64.4 Å². The lowest BCUT2D eigenvalue weighted by molar-refractivity contribution is -0.384. The first kappa shape index (κ1) is 13.1. The van der Waals surface area contributed by atoms with Crippen molar-refractivity contribution in [3.8, 4) is 5.75 Å². The van der Waals surface area contributed by atoms with Gasteiger partial charge in [0, 0.05) is 18.7 Å². The van der Waals surface area contributed by atoms with Crippen molar-refractivity contribution in [2.24, 2.45) is 0 Å². The molecule has 1 aliphatic heterocycles. The molecular weight excluding hydrogens is 256 g/mol. The Morgan fingerprint density at radius 2 is 2.33 bits per heavy atom. The molecular formula is C12H15ClN2O3. The van der Waals surface area contributed by atoms with Gasteiger partial charge in [-0.3, -0.25) is 10.1 Å². The van der Waals surface area contributed by atoms with Crippen LogP contribution in [0.1, 0.15) is 18.4 Å². The monoisotopic (exact) mass is 270 g/mol. The van der Waals surface area contributed by atoms with E-state index in [1.165, 1.54) is 12.1 Å². The number of nitro groups is 1. The van der Waals surface area contributed by atoms with Crippen LogP contribution < -0.4 is 10.1 Å². The second kappa shape index (κ2) is 5.54. The van der Waals surface area contributed by atoms with E-state index < -0.39 is 4.92 Å². The number of nitrogens with zero attached hydrogens (tertiary/aromatic N) is 1. The first-order chi connectivity index (χ1) is 8.58. The molecule has 1 unspecified atom stereocenters. The zero-order valence-corrected chi connectivity index (χ0v) is 10.9. The third kappa shape index (κ3) is 2.91. The summed E-state index contributed by atoms with van der Waals surface area (Å²) in [5, 5.41) is 14.1. The van der Waals surface area contributed by atoms with E-state index in [4.69, 9.17) is 16.3 Å². The molecule has 1 N–H and O–H groups in total. The lowest BCUT2D eigenvalue weighted by Gasteiger charge is -2.24. The standard InChI is InChI=1S/C12H15ClN2O3/c1-8-5-11(15(16)17)10(13)6-12(8)18-9-3-2-4-14-7-9/h5-6,9,14H,2-4,7H2,1H3. The minimum atomic E-state index is -0.485. The van der Waals surface area contributed by atoms with Gasteiger partial charge >= 0.3 is 0 Å². The molecule has 1 saturated heterocycles. The molecule has 1 aromatic carbocycles. The van der Waals surface area contributed by atoms with Gasteiger partial charge < -0.3 is 10.1 Å². The van der Waals surface area contributed by atoms with Gasteiger partial charge in [0.15, 0.2) is 0 Å². The van der Waals surface area contributed by atoms with Crippen molar-refractivity contribution in [2.75, 3.05) is 13.1 Å². The highest BCUT2D eigenvalue weighted by Gasteiger charge is 2.19. The minimum Gasteiger partial charge on any atom is -0.489 e. The van der Waals surface area contributed by atoms with Gasteiger partial charge in [-0.15, -0.1) is 0 Å². The lowest BCUT2D eigenvalue weighted by Crippen LogP contribution is -2.37. The van der Waals surface area contributed by atoms with Crippen LogP contribution in [0, 0.1) is 17.0 Å². The highest BCUT2D eigenvalue weighted by Crippen LogP contribution is 2.32. The van der Waals surface area contributed by atoms with Crippen molar-refractivity contribution < 1.29 is 9.66 Å². The molecule has 5 nitrogen and oxygen atoms in total. The lowest BCUT2D eigenvalue weighted by atomic mass is 10.1. The summed E-state index contributed by atoms with van der Waals surface area (Å²) in [6.45, 7) is 3.60. The van der Waals surface area contributed by atoms with E-state index in [0.29, 0.717) is 5.75 Å². The van der Waals surface area contributed by atoms with E-state index in [2.05, 4.69) is 5.32 Å². The smallest absolute Gasteiger partial charge is 0.288 e. The Morgan fingerprint density at radius 1 is 1.56 bits per heavy atom. The number of hydrogen-bond donors (Lipinski definition) is 1. The van der Waals surface area contributed by atoms with Gasteiger partial charge in [0.25, 0.3) is 5.69 Å². The quantitative estimate of drug-likeness (QED) is 0.677. The molecule has 1 fully saturated rings. The number of halogens is 1. The Labute approximate surface area is 110 Å². The van der Waals surface area contributed by atoms with Gasteiger partial charge in [-0.25, -0.2) is 0 Å². The van der Waals surface area contributed by atoms with Crippen molar-refractivity contribution in [3.05, 3.63) is 32.8 Å². The van der Waals surface area contributed by atoms with Gasteiger partial charge in [0.05, 0.1) is 4.92 Å². The average Bonchev–Trinajstić information content (AvgIpc) is 2.34. The summed E-state index contributed by atoms with van der Waals surface area (Å²) in [6.07, 6.45) is 2.17. The SMILES string of the molecule is Cc1cc([N+](=O)[O-])c(Cl)cc1OC1CCCNC1. The van der Waals surface area contributed by atoms with Crippen molar-refractivity contribution in [2.45, 2.75) is 25.9 Å². The van der Waals surface area contributed by atoms with Gasteiger partial charge in [0.1, 0.15) is 16.9 Å². The molecule has 0 aromatic heterocycles. The van der Waals surface area contributed by atoms with Crippen LogP contribution in [-0.4, -0.2) is 24.1 Å². The predicted molar refractivity (Wildman–Crippen MR) is 69.4 cm³/mol. The molecule has 98 valence electrons. The first-order valence-corrected chi connectivity index (χ1v) is 6.27. The molecule has 0 saturated carbocycles. The van der Waals surface area contributed by atoms with Crippen molar-refractivity contribution in [1.29, 1.82) is 0 Å². The number of benzene rings is 1. The molecule has 1 aliphatic rings. The van der Waals surface area contributed by atoms with Crippen LogP contribution >= 0.6 is 11.6 Å². The highest BCUT2D eigenvalue weighted by atomic mass is 35.5. The maximum Gasteiger partial charge on any atom is 0.288 e. The number of piperidine rings is 1. The summed E-state index contributed by atoms with van der Waals surface area (Å²) in [7, 11) is 0. The van der Waals surface area contributed by atoms with Crippen LogP contribution in [0.5, 0.6) is 5.75 Å². The molecule has 0 aliphatic carbocycles. The fraction of sp³-hybridized carbons (Fsp3) is 0.500.